The summed E-state index contributed by atoms with van der Waals surface area (Å²) in [5.74, 6) is 0.900. The zero-order chi connectivity index (χ0) is 14.9. The van der Waals surface area contributed by atoms with Gasteiger partial charge in [0, 0.05) is 31.2 Å². The molecule has 0 spiro atoms. The second kappa shape index (κ2) is 6.10. The molecule has 2 heteroatoms. The molecule has 2 atom stereocenters. The van der Waals surface area contributed by atoms with E-state index < -0.39 is 0 Å². The van der Waals surface area contributed by atoms with E-state index >= 15 is 0 Å². The summed E-state index contributed by atoms with van der Waals surface area (Å²) in [6.45, 7) is 10.4. The van der Waals surface area contributed by atoms with Crippen molar-refractivity contribution in [3.8, 4) is 0 Å². The molecule has 0 amide bonds. The quantitative estimate of drug-likeness (QED) is 0.887. The minimum absolute atomic E-state index is 0.355. The first-order valence-corrected chi connectivity index (χ1v) is 8.66. The summed E-state index contributed by atoms with van der Waals surface area (Å²) in [5.41, 5.74) is 3.20. The van der Waals surface area contributed by atoms with E-state index in [0.29, 0.717) is 11.6 Å². The number of piperazine rings is 1. The summed E-state index contributed by atoms with van der Waals surface area (Å²) in [7, 11) is 0. The maximum absolute atomic E-state index is 3.82. The molecule has 1 aromatic rings. The van der Waals surface area contributed by atoms with Crippen LogP contribution in [0.2, 0.25) is 0 Å². The molecule has 3 rings (SSSR count). The highest BCUT2D eigenvalue weighted by Gasteiger charge is 2.47. The molecule has 0 aromatic heterocycles. The van der Waals surface area contributed by atoms with Crippen molar-refractivity contribution < 1.29 is 0 Å². The van der Waals surface area contributed by atoms with Crippen molar-refractivity contribution in [3.05, 3.63) is 35.4 Å². The second-order valence-corrected chi connectivity index (χ2v) is 7.37. The molecule has 1 N–H and O–H groups in total. The molecule has 2 nitrogen and oxygen atoms in total. The van der Waals surface area contributed by atoms with Crippen LogP contribution in [0.5, 0.6) is 0 Å². The first kappa shape index (κ1) is 15.1. The smallest absolute Gasteiger partial charge is 0.0338 e. The number of nitrogens with one attached hydrogen (secondary N) is 1. The van der Waals surface area contributed by atoms with Gasteiger partial charge in [0.15, 0.2) is 0 Å². The third-order valence-electron chi connectivity index (χ3n) is 5.46. The number of hydrogen-bond donors (Lipinski definition) is 1. The molecule has 1 aliphatic heterocycles. The van der Waals surface area contributed by atoms with Crippen LogP contribution >= 0.6 is 0 Å². The molecule has 1 heterocycles. The first-order valence-electron chi connectivity index (χ1n) is 8.66. The van der Waals surface area contributed by atoms with E-state index in [1.54, 1.807) is 0 Å². The van der Waals surface area contributed by atoms with Crippen LogP contribution in [0.4, 0.5) is 0 Å². The average Bonchev–Trinajstić information content (AvgIpc) is 3.28. The van der Waals surface area contributed by atoms with Gasteiger partial charge < -0.3 is 5.32 Å². The summed E-state index contributed by atoms with van der Waals surface area (Å²) < 4.78 is 0. The Morgan fingerprint density at radius 3 is 2.81 bits per heavy atom. The normalized spacial score (nSPS) is 30.5. The minimum Gasteiger partial charge on any atom is -0.311 e. The maximum Gasteiger partial charge on any atom is 0.0338 e. The molecule has 116 valence electrons. The highest BCUT2D eigenvalue weighted by molar-refractivity contribution is 5.23. The van der Waals surface area contributed by atoms with Gasteiger partial charge in [-0.2, -0.15) is 0 Å². The van der Waals surface area contributed by atoms with Gasteiger partial charge in [0.05, 0.1) is 0 Å². The first-order chi connectivity index (χ1) is 10.1. The summed E-state index contributed by atoms with van der Waals surface area (Å²) in [4.78, 5) is 2.77. The van der Waals surface area contributed by atoms with E-state index in [1.807, 2.05) is 0 Å². The Kier molecular flexibility index (Phi) is 4.37. The maximum atomic E-state index is 3.82. The molecule has 1 saturated carbocycles. The SMILES string of the molecule is CCCC1CN(Cc2cccc(C)c2)C(C)(C2CC2)CN1. The van der Waals surface area contributed by atoms with E-state index in [1.165, 1.54) is 43.4 Å². The molecule has 0 bridgehead atoms. The molecule has 2 unspecified atom stereocenters. The molecule has 1 aromatic carbocycles. The summed E-state index contributed by atoms with van der Waals surface area (Å²) >= 11 is 0. The third-order valence-corrected chi connectivity index (χ3v) is 5.46. The lowest BCUT2D eigenvalue weighted by molar-refractivity contribution is 0.0260. The number of benzene rings is 1. The highest BCUT2D eigenvalue weighted by atomic mass is 15.3. The fraction of sp³-hybridized carbons (Fsp3) is 0.684. The lowest BCUT2D eigenvalue weighted by Crippen LogP contribution is -2.63. The van der Waals surface area contributed by atoms with Crippen LogP contribution in [0, 0.1) is 12.8 Å². The van der Waals surface area contributed by atoms with Gasteiger partial charge in [-0.05, 0) is 44.6 Å². The summed E-state index contributed by atoms with van der Waals surface area (Å²) in [6, 6.07) is 9.71. The second-order valence-electron chi connectivity index (χ2n) is 7.37. The predicted molar refractivity (Wildman–Crippen MR) is 89.4 cm³/mol. The monoisotopic (exact) mass is 286 g/mol. The predicted octanol–water partition coefficient (Wildman–Crippen LogP) is 3.74. The lowest BCUT2D eigenvalue weighted by atomic mass is 9.88. The molecule has 2 fully saturated rings. The third kappa shape index (κ3) is 3.32. The van der Waals surface area contributed by atoms with Gasteiger partial charge >= 0.3 is 0 Å². The molecule has 1 aliphatic carbocycles. The van der Waals surface area contributed by atoms with E-state index in [2.05, 4.69) is 55.3 Å². The lowest BCUT2D eigenvalue weighted by Gasteiger charge is -2.49. The van der Waals surface area contributed by atoms with Crippen molar-refractivity contribution in [2.45, 2.75) is 64.6 Å². The summed E-state index contributed by atoms with van der Waals surface area (Å²) in [5, 5.41) is 3.82. The molecular formula is C19H30N2. The Bertz CT molecular complexity index is 480. The van der Waals surface area contributed by atoms with Crippen molar-refractivity contribution in [3.63, 3.8) is 0 Å². The largest absolute Gasteiger partial charge is 0.311 e. The van der Waals surface area contributed by atoms with Gasteiger partial charge in [-0.3, -0.25) is 4.90 Å². The summed E-state index contributed by atoms with van der Waals surface area (Å²) in [6.07, 6.45) is 5.41. The Morgan fingerprint density at radius 2 is 2.14 bits per heavy atom. The van der Waals surface area contributed by atoms with Crippen molar-refractivity contribution in [1.29, 1.82) is 0 Å². The van der Waals surface area contributed by atoms with Crippen LogP contribution in [0.25, 0.3) is 0 Å². The highest BCUT2D eigenvalue weighted by Crippen LogP contribution is 2.44. The fourth-order valence-electron chi connectivity index (χ4n) is 3.93. The van der Waals surface area contributed by atoms with Crippen LogP contribution < -0.4 is 5.32 Å². The van der Waals surface area contributed by atoms with Gasteiger partial charge in [-0.1, -0.05) is 43.2 Å². The average molecular weight is 286 g/mol. The van der Waals surface area contributed by atoms with Gasteiger partial charge in [0.25, 0.3) is 0 Å². The zero-order valence-corrected chi connectivity index (χ0v) is 13.9. The number of nitrogens with zero attached hydrogens (tertiary/aromatic N) is 1. The van der Waals surface area contributed by atoms with E-state index in [-0.39, 0.29) is 0 Å². The molecule has 1 saturated heterocycles. The molecule has 0 radical (unpaired) electrons. The zero-order valence-electron chi connectivity index (χ0n) is 13.9. The van der Waals surface area contributed by atoms with Crippen LogP contribution in [0.1, 0.15) is 50.7 Å². The molecular weight excluding hydrogens is 256 g/mol. The van der Waals surface area contributed by atoms with Crippen molar-refractivity contribution >= 4 is 0 Å². The fourth-order valence-corrected chi connectivity index (χ4v) is 3.93. The van der Waals surface area contributed by atoms with E-state index in [9.17, 15) is 0 Å². The molecule has 21 heavy (non-hydrogen) atoms. The molecule has 2 aliphatic rings. The van der Waals surface area contributed by atoms with Crippen LogP contribution in [-0.2, 0) is 6.54 Å². The van der Waals surface area contributed by atoms with Gasteiger partial charge in [0.2, 0.25) is 0 Å². The van der Waals surface area contributed by atoms with Crippen LogP contribution in [0.3, 0.4) is 0 Å². The van der Waals surface area contributed by atoms with Crippen molar-refractivity contribution in [1.82, 2.24) is 10.2 Å². The Labute approximate surface area is 129 Å². The standard InChI is InChI=1S/C19H30N2/c1-4-6-18-13-21(12-16-8-5-7-15(2)11-16)19(3,14-20-18)17-9-10-17/h5,7-8,11,17-18,20H,4,6,9-10,12-14H2,1-3H3. The number of aryl methyl sites for hydroxylation is 1. The Hall–Kier alpha value is -0.860. The van der Waals surface area contributed by atoms with Crippen LogP contribution in [0.15, 0.2) is 24.3 Å². The van der Waals surface area contributed by atoms with Crippen molar-refractivity contribution in [2.24, 2.45) is 5.92 Å². The van der Waals surface area contributed by atoms with E-state index in [4.69, 9.17) is 0 Å². The van der Waals surface area contributed by atoms with Crippen molar-refractivity contribution in [2.75, 3.05) is 13.1 Å². The van der Waals surface area contributed by atoms with Gasteiger partial charge in [0.1, 0.15) is 0 Å². The Balaban J connectivity index is 1.76. The minimum atomic E-state index is 0.355. The van der Waals surface area contributed by atoms with Crippen LogP contribution in [-0.4, -0.2) is 29.6 Å². The van der Waals surface area contributed by atoms with Gasteiger partial charge in [-0.25, -0.2) is 0 Å². The number of hydrogen-bond acceptors (Lipinski definition) is 2. The Morgan fingerprint density at radius 1 is 1.33 bits per heavy atom. The number of rotatable bonds is 5. The van der Waals surface area contributed by atoms with E-state index in [0.717, 1.165) is 19.0 Å². The van der Waals surface area contributed by atoms with Gasteiger partial charge in [-0.15, -0.1) is 0 Å². The topological polar surface area (TPSA) is 15.3 Å².